The first kappa shape index (κ1) is 33.3. The van der Waals surface area contributed by atoms with E-state index in [1.54, 1.807) is 7.11 Å². The summed E-state index contributed by atoms with van der Waals surface area (Å²) >= 11 is 0. The van der Waals surface area contributed by atoms with Crippen LogP contribution >= 0.6 is 0 Å². The lowest BCUT2D eigenvalue weighted by Gasteiger charge is -2.50. The number of carbonyl (C=O) groups excluding carboxylic acids is 3. The van der Waals surface area contributed by atoms with Gasteiger partial charge in [0.15, 0.2) is 6.35 Å². The van der Waals surface area contributed by atoms with Gasteiger partial charge in [0.25, 0.3) is 5.91 Å². The number of fused-ring (bicyclic) bond motifs is 1. The summed E-state index contributed by atoms with van der Waals surface area (Å²) in [5.74, 6) is -0.675. The number of primary amides is 1. The van der Waals surface area contributed by atoms with Gasteiger partial charge in [0.05, 0.1) is 18.7 Å². The second-order valence-electron chi connectivity index (χ2n) is 15.2. The Labute approximate surface area is 252 Å². The molecule has 10 heteroatoms. The van der Waals surface area contributed by atoms with Crippen LogP contribution in [0.3, 0.4) is 0 Å². The van der Waals surface area contributed by atoms with Gasteiger partial charge in [0.2, 0.25) is 11.7 Å². The Bertz CT molecular complexity index is 963. The molecule has 4 unspecified atom stereocenters. The van der Waals surface area contributed by atoms with E-state index in [4.69, 9.17) is 10.5 Å². The van der Waals surface area contributed by atoms with E-state index < -0.39 is 30.1 Å². The molecule has 4 rings (SSSR count). The summed E-state index contributed by atoms with van der Waals surface area (Å²) in [7, 11) is 1.67. The number of nitrogens with one attached hydrogen (secondary N) is 3. The highest BCUT2D eigenvalue weighted by atomic mass is 16.5. The molecule has 4 fully saturated rings. The Balaban J connectivity index is 1.55. The predicted molar refractivity (Wildman–Crippen MR) is 162 cm³/mol. The average molecular weight is 592 g/mol. The number of nitrogens with two attached hydrogens (primary N) is 1. The normalized spacial score (nSPS) is 29.7. The van der Waals surface area contributed by atoms with E-state index in [1.807, 2.05) is 0 Å². The zero-order valence-electron chi connectivity index (χ0n) is 26.8. The number of nitrogens with zero attached hydrogens (tertiary/aromatic N) is 1. The van der Waals surface area contributed by atoms with E-state index in [-0.39, 0.29) is 40.7 Å². The first-order valence-electron chi connectivity index (χ1n) is 16.3. The molecule has 4 aliphatic rings. The van der Waals surface area contributed by atoms with Crippen LogP contribution in [0.4, 0.5) is 0 Å². The fourth-order valence-electron chi connectivity index (χ4n) is 8.26. The van der Waals surface area contributed by atoms with Crippen molar-refractivity contribution in [3.8, 4) is 0 Å². The van der Waals surface area contributed by atoms with Crippen LogP contribution in [-0.2, 0) is 19.1 Å². The van der Waals surface area contributed by atoms with Gasteiger partial charge in [-0.1, -0.05) is 66.7 Å². The van der Waals surface area contributed by atoms with Gasteiger partial charge in [-0.3, -0.25) is 29.9 Å². The fourth-order valence-corrected chi connectivity index (χ4v) is 8.26. The van der Waals surface area contributed by atoms with Crippen molar-refractivity contribution >= 4 is 17.6 Å². The van der Waals surface area contributed by atoms with Crippen molar-refractivity contribution < 1.29 is 24.2 Å². The number of ketones is 1. The van der Waals surface area contributed by atoms with Gasteiger partial charge < -0.3 is 20.9 Å². The summed E-state index contributed by atoms with van der Waals surface area (Å²) in [6.45, 7) is 12.9. The van der Waals surface area contributed by atoms with Gasteiger partial charge in [0.1, 0.15) is 0 Å². The Hall–Kier alpha value is -1.59. The third-order valence-electron chi connectivity index (χ3n) is 10.9. The molecule has 0 aromatic rings. The van der Waals surface area contributed by atoms with Gasteiger partial charge in [-0.05, 0) is 60.2 Å². The third kappa shape index (κ3) is 7.73. The van der Waals surface area contributed by atoms with Crippen LogP contribution in [0.15, 0.2) is 0 Å². The van der Waals surface area contributed by atoms with Crippen molar-refractivity contribution in [1.82, 2.24) is 20.9 Å². The molecule has 3 saturated carbocycles. The number of likely N-dealkylation sites (tertiary alicyclic amines) is 1. The van der Waals surface area contributed by atoms with E-state index in [1.165, 1.54) is 6.42 Å². The minimum absolute atomic E-state index is 0.00445. The summed E-state index contributed by atoms with van der Waals surface area (Å²) in [6.07, 6.45) is 8.25. The van der Waals surface area contributed by atoms with Crippen LogP contribution in [0.1, 0.15) is 92.4 Å². The van der Waals surface area contributed by atoms with Crippen molar-refractivity contribution in [3.05, 3.63) is 0 Å². The number of ether oxygens (including phenoxy) is 1. The molecule has 1 heterocycles. The number of hydrogen-bond donors (Lipinski definition) is 5. The maximum atomic E-state index is 14.1. The smallest absolute Gasteiger partial charge is 0.287 e. The number of rotatable bonds is 16. The molecule has 10 nitrogen and oxygen atoms in total. The zero-order valence-corrected chi connectivity index (χ0v) is 26.8. The van der Waals surface area contributed by atoms with Crippen molar-refractivity contribution in [2.24, 2.45) is 40.2 Å². The number of Topliss-reactive ketones (excluding diaryl/α,β-unsaturated/α-hetero) is 1. The van der Waals surface area contributed by atoms with Crippen LogP contribution in [-0.4, -0.2) is 84.9 Å². The highest BCUT2D eigenvalue weighted by Crippen LogP contribution is 2.57. The van der Waals surface area contributed by atoms with Crippen LogP contribution in [0, 0.1) is 34.5 Å². The SMILES string of the molecule is COC[C@@H](NC(O)NC(CN1CC2CC(C)(C)[C@@H]2[C@H]1C(=O)NC(CC1CC1)C(=O)C(N)=O)C1(C)CCCCC1)C(C)C. The topological polar surface area (TPSA) is 146 Å². The third-order valence-corrected chi connectivity index (χ3v) is 10.9. The summed E-state index contributed by atoms with van der Waals surface area (Å²) < 4.78 is 5.39. The number of hydrogen-bond acceptors (Lipinski definition) is 8. The molecule has 0 radical (unpaired) electrons. The second-order valence-corrected chi connectivity index (χ2v) is 15.2. The van der Waals surface area contributed by atoms with E-state index in [9.17, 15) is 19.5 Å². The molecule has 3 aliphatic carbocycles. The molecule has 6 N–H and O–H groups in total. The van der Waals surface area contributed by atoms with Gasteiger partial charge in [0, 0.05) is 32.3 Å². The van der Waals surface area contributed by atoms with Gasteiger partial charge in [-0.2, -0.15) is 0 Å². The summed E-state index contributed by atoms with van der Waals surface area (Å²) in [4.78, 5) is 40.9. The van der Waals surface area contributed by atoms with E-state index in [0.717, 1.165) is 51.5 Å². The Morgan fingerprint density at radius 1 is 1.07 bits per heavy atom. The number of methoxy groups -OCH3 is 1. The molecule has 2 amide bonds. The minimum Gasteiger partial charge on any atom is -0.383 e. The van der Waals surface area contributed by atoms with Crippen LogP contribution in [0.2, 0.25) is 0 Å². The molecular formula is C32H57N5O5. The number of aliphatic hydroxyl groups excluding tert-OH is 1. The minimum atomic E-state index is -0.991. The Morgan fingerprint density at radius 3 is 2.29 bits per heavy atom. The summed E-state index contributed by atoms with van der Waals surface area (Å²) in [5, 5.41) is 21.1. The first-order chi connectivity index (χ1) is 19.8. The van der Waals surface area contributed by atoms with Crippen molar-refractivity contribution in [2.45, 2.75) is 123 Å². The van der Waals surface area contributed by atoms with E-state index in [2.05, 4.69) is 55.5 Å². The molecule has 7 atom stereocenters. The maximum Gasteiger partial charge on any atom is 0.287 e. The molecule has 0 aromatic carbocycles. The number of amides is 2. The molecule has 42 heavy (non-hydrogen) atoms. The van der Waals surface area contributed by atoms with E-state index >= 15 is 0 Å². The quantitative estimate of drug-likeness (QED) is 0.136. The predicted octanol–water partition coefficient (Wildman–Crippen LogP) is 2.14. The molecule has 1 saturated heterocycles. The molecule has 0 spiro atoms. The lowest BCUT2D eigenvalue weighted by molar-refractivity contribution is -0.140. The molecule has 0 aromatic heterocycles. The van der Waals surface area contributed by atoms with Crippen molar-refractivity contribution in [1.29, 1.82) is 0 Å². The number of aliphatic hydroxyl groups is 1. The highest BCUT2D eigenvalue weighted by molar-refractivity contribution is 6.37. The maximum absolute atomic E-state index is 14.1. The van der Waals surface area contributed by atoms with Crippen LogP contribution in [0.5, 0.6) is 0 Å². The molecule has 0 bridgehead atoms. The monoisotopic (exact) mass is 591 g/mol. The van der Waals surface area contributed by atoms with Crippen molar-refractivity contribution in [3.63, 3.8) is 0 Å². The Morgan fingerprint density at radius 2 is 1.74 bits per heavy atom. The molecular weight excluding hydrogens is 534 g/mol. The second kappa shape index (κ2) is 13.6. The average Bonchev–Trinajstić information content (AvgIpc) is 3.67. The molecule has 240 valence electrons. The molecule has 1 aliphatic heterocycles. The fraction of sp³-hybridized carbons (Fsp3) is 0.906. The summed E-state index contributed by atoms with van der Waals surface area (Å²) in [6, 6.07) is -1.33. The van der Waals surface area contributed by atoms with Crippen LogP contribution in [0.25, 0.3) is 0 Å². The van der Waals surface area contributed by atoms with Gasteiger partial charge in [-0.25, -0.2) is 0 Å². The van der Waals surface area contributed by atoms with Gasteiger partial charge in [-0.15, -0.1) is 0 Å². The van der Waals surface area contributed by atoms with Crippen LogP contribution < -0.4 is 21.7 Å². The van der Waals surface area contributed by atoms with Crippen molar-refractivity contribution in [2.75, 3.05) is 26.8 Å². The lowest BCUT2D eigenvalue weighted by atomic mass is 9.55. The van der Waals surface area contributed by atoms with E-state index in [0.29, 0.717) is 31.4 Å². The Kier molecular flexibility index (Phi) is 10.8. The van der Waals surface area contributed by atoms with Gasteiger partial charge >= 0.3 is 0 Å². The number of carbonyl (C=O) groups is 3. The zero-order chi connectivity index (χ0) is 30.8. The first-order valence-corrected chi connectivity index (χ1v) is 16.3. The largest absolute Gasteiger partial charge is 0.383 e. The highest BCUT2D eigenvalue weighted by Gasteiger charge is 2.60. The standard InChI is InChI=1S/C32H57N5O5/c1-19(2)23(18-42-6)35-30(41)36-24(32(5)12-8-7-9-13-32)17-37-16-21-15-31(3,4)25(21)26(37)29(40)34-22(14-20-10-11-20)27(38)28(33)39/h19-26,30,35-36,41H,7-18H2,1-6H3,(H2,33,39)(H,34,40)/t21?,22?,23-,24?,25+,26+,30?/m1/s1. The lowest BCUT2D eigenvalue weighted by Crippen LogP contribution is -2.62. The summed E-state index contributed by atoms with van der Waals surface area (Å²) in [5.41, 5.74) is 5.35.